The van der Waals surface area contributed by atoms with E-state index in [4.69, 9.17) is 19.4 Å². The standard InChI is InChI=1S/C42H46N4O8/c1-9-27-22(2)32-18-37-30(13-10-25(41(51)52)16-26(48)21-47)42(5,6)38(46-37)20-33-24(4)29(12-15-40(50)54-8)36(45-33)19-35-28(11-14-39(49)53-7)23(3)31(44-35)17-34(27)43-32/h9-10,13,17-20,44,46-47H,1,11-12,14-16,21H2,2-8H3,(H,51,52)/b25-10+,30-13-,34-17?,36-19?,37-18?,38-20?. The van der Waals surface area contributed by atoms with Crippen LogP contribution in [0.25, 0.3) is 38.9 Å². The number of carboxylic acid groups (broad SMARTS) is 1. The highest BCUT2D eigenvalue weighted by molar-refractivity contribution is 5.98. The van der Waals surface area contributed by atoms with Gasteiger partial charge in [0.25, 0.3) is 0 Å². The molecule has 3 aliphatic rings. The van der Waals surface area contributed by atoms with E-state index in [-0.39, 0.29) is 30.4 Å². The van der Waals surface area contributed by atoms with Gasteiger partial charge in [-0.15, -0.1) is 0 Å². The number of allylic oxidation sites excluding steroid dienone is 8. The van der Waals surface area contributed by atoms with Crippen LogP contribution in [0.3, 0.4) is 0 Å². The number of Topliss-reactive ketones (excluding diaryl/α,β-unsaturated/α-hetero) is 1. The smallest absolute Gasteiger partial charge is 0.332 e. The van der Waals surface area contributed by atoms with Crippen LogP contribution in [0.15, 0.2) is 54.6 Å². The summed E-state index contributed by atoms with van der Waals surface area (Å²) in [6.07, 6.45) is 5.54. The second-order valence-electron chi connectivity index (χ2n) is 13.9. The monoisotopic (exact) mass is 734 g/mol. The predicted octanol–water partition coefficient (Wildman–Crippen LogP) is 6.78. The summed E-state index contributed by atoms with van der Waals surface area (Å²) in [7, 11) is 2.72. The van der Waals surface area contributed by atoms with E-state index in [2.05, 4.69) is 16.5 Å². The SMILES string of the molecule is C=CC1=C(C)c2cc3[nH]c(cc4nc(cc5[nH]c(cc1n2)c(C)c5CCC(=O)OC)C(CCC(=O)OC)=C4C)C(C)(C)/C3=C\C=C(/CC(=O)CO)C(=O)O. The molecule has 2 aromatic rings. The van der Waals surface area contributed by atoms with Crippen LogP contribution in [-0.2, 0) is 40.5 Å². The van der Waals surface area contributed by atoms with E-state index in [0.29, 0.717) is 41.3 Å². The van der Waals surface area contributed by atoms with Gasteiger partial charge in [-0.05, 0) is 91.3 Å². The Labute approximate surface area is 313 Å². The third kappa shape index (κ3) is 7.89. The van der Waals surface area contributed by atoms with E-state index >= 15 is 0 Å². The van der Waals surface area contributed by atoms with Gasteiger partial charge in [0, 0.05) is 58.2 Å². The Hall–Kier alpha value is -5.88. The minimum Gasteiger partial charge on any atom is -0.478 e. The molecule has 2 aromatic heterocycles. The molecule has 0 amide bonds. The van der Waals surface area contributed by atoms with E-state index in [1.807, 2.05) is 58.9 Å². The lowest BCUT2D eigenvalue weighted by molar-refractivity contribution is -0.141. The average Bonchev–Trinajstić information content (AvgIpc) is 3.78. The van der Waals surface area contributed by atoms with E-state index in [0.717, 1.165) is 55.7 Å². The Morgan fingerprint density at radius 1 is 0.852 bits per heavy atom. The van der Waals surface area contributed by atoms with Crippen LogP contribution in [0, 0.1) is 6.92 Å². The maximum Gasteiger partial charge on any atom is 0.332 e. The molecule has 12 heteroatoms. The number of nitrogens with zero attached hydrogens (tertiary/aromatic N) is 2. The molecule has 0 unspecified atom stereocenters. The van der Waals surface area contributed by atoms with Crippen LogP contribution in [0.5, 0.6) is 0 Å². The highest BCUT2D eigenvalue weighted by Gasteiger charge is 2.34. The first-order valence-corrected chi connectivity index (χ1v) is 17.6. The molecule has 0 radical (unpaired) electrons. The molecule has 4 N–H and O–H groups in total. The third-order valence-electron chi connectivity index (χ3n) is 10.3. The van der Waals surface area contributed by atoms with Crippen molar-refractivity contribution in [2.24, 2.45) is 0 Å². The number of methoxy groups -OCH3 is 2. The molecule has 5 rings (SSSR count). The number of carboxylic acids is 1. The third-order valence-corrected chi connectivity index (χ3v) is 10.3. The zero-order valence-corrected chi connectivity index (χ0v) is 31.7. The number of nitrogens with one attached hydrogen (secondary N) is 2. The number of H-pyrrole nitrogens is 2. The topological polar surface area (TPSA) is 185 Å². The molecule has 0 atom stereocenters. The molecular formula is C42H46N4O8. The molecule has 282 valence electrons. The van der Waals surface area contributed by atoms with Crippen molar-refractivity contribution in [3.63, 3.8) is 0 Å². The summed E-state index contributed by atoms with van der Waals surface area (Å²) in [5.41, 5.74) is 10.8. The maximum absolute atomic E-state index is 12.3. The lowest BCUT2D eigenvalue weighted by Gasteiger charge is -2.21. The Bertz CT molecular complexity index is 2280. The number of aliphatic carboxylic acids is 1. The highest BCUT2D eigenvalue weighted by Crippen LogP contribution is 2.43. The molecule has 0 spiro atoms. The second kappa shape index (κ2) is 16.0. The molecule has 8 bridgehead atoms. The highest BCUT2D eigenvalue weighted by atomic mass is 16.5. The van der Waals surface area contributed by atoms with Crippen molar-refractivity contribution >= 4 is 62.6 Å². The fraction of sp³-hybridized carbons (Fsp3) is 0.333. The summed E-state index contributed by atoms with van der Waals surface area (Å²) in [5.74, 6) is -2.54. The Morgan fingerprint density at radius 3 is 2.11 bits per heavy atom. The number of aromatic amines is 2. The van der Waals surface area contributed by atoms with E-state index in [1.165, 1.54) is 20.3 Å². The fourth-order valence-electron chi connectivity index (χ4n) is 6.93. The number of ether oxygens (including phenoxy) is 2. The molecule has 0 aromatic carbocycles. The zero-order valence-electron chi connectivity index (χ0n) is 31.7. The molecule has 0 saturated heterocycles. The number of fused-ring (bicyclic) bond motifs is 8. The van der Waals surface area contributed by atoms with E-state index in [9.17, 15) is 29.4 Å². The number of aliphatic hydroxyl groups is 1. The molecule has 0 saturated carbocycles. The van der Waals surface area contributed by atoms with Crippen LogP contribution in [0.2, 0.25) is 0 Å². The Morgan fingerprint density at radius 2 is 1.48 bits per heavy atom. The van der Waals surface area contributed by atoms with Crippen LogP contribution in [0.1, 0.15) is 98.7 Å². The van der Waals surface area contributed by atoms with E-state index < -0.39 is 30.2 Å². The van der Waals surface area contributed by atoms with Gasteiger partial charge in [-0.25, -0.2) is 14.8 Å². The first-order valence-electron chi connectivity index (χ1n) is 17.6. The summed E-state index contributed by atoms with van der Waals surface area (Å²) >= 11 is 0. The second-order valence-corrected chi connectivity index (χ2v) is 13.9. The van der Waals surface area contributed by atoms with Gasteiger partial charge in [-0.2, -0.15) is 0 Å². The Kier molecular flexibility index (Phi) is 11.7. The number of carbonyl (C=O) groups excluding carboxylic acids is 3. The molecule has 5 heterocycles. The van der Waals surface area contributed by atoms with Gasteiger partial charge >= 0.3 is 17.9 Å². The van der Waals surface area contributed by atoms with Gasteiger partial charge in [-0.3, -0.25) is 14.4 Å². The van der Waals surface area contributed by atoms with Crippen molar-refractivity contribution in [2.45, 2.75) is 72.1 Å². The Balaban J connectivity index is 1.89. The number of esters is 2. The number of hydrogen-bond donors (Lipinski definition) is 4. The van der Waals surface area contributed by atoms with Crippen molar-refractivity contribution in [2.75, 3.05) is 20.8 Å². The van der Waals surface area contributed by atoms with Gasteiger partial charge in [-0.1, -0.05) is 38.7 Å². The molecular weight excluding hydrogens is 688 g/mol. The average molecular weight is 735 g/mol. The summed E-state index contributed by atoms with van der Waals surface area (Å²) in [5, 5.41) is 19.2. The van der Waals surface area contributed by atoms with Crippen molar-refractivity contribution in [3.8, 4) is 0 Å². The number of hydrogen-bond acceptors (Lipinski definition) is 9. The summed E-state index contributed by atoms with van der Waals surface area (Å²) in [4.78, 5) is 66.0. The molecule has 0 fully saturated rings. The molecule has 0 aliphatic carbocycles. The number of aryl methyl sites for hydroxylation is 2. The van der Waals surface area contributed by atoms with Gasteiger partial charge in [0.1, 0.15) is 6.61 Å². The van der Waals surface area contributed by atoms with Crippen molar-refractivity contribution in [3.05, 3.63) is 99.9 Å². The van der Waals surface area contributed by atoms with Gasteiger partial charge in [0.2, 0.25) is 0 Å². The number of aromatic nitrogens is 4. The fourth-order valence-corrected chi connectivity index (χ4v) is 6.93. The number of rotatable bonds is 12. The van der Waals surface area contributed by atoms with Crippen LogP contribution >= 0.6 is 0 Å². The van der Waals surface area contributed by atoms with Crippen LogP contribution in [-0.4, -0.2) is 74.7 Å². The lowest BCUT2D eigenvalue weighted by Crippen LogP contribution is -2.15. The predicted molar refractivity (Wildman–Crippen MR) is 207 cm³/mol. The maximum atomic E-state index is 12.3. The number of aliphatic hydroxyl groups excluding tert-OH is 1. The largest absolute Gasteiger partial charge is 0.478 e. The lowest BCUT2D eigenvalue weighted by atomic mass is 9.81. The minimum atomic E-state index is -1.26. The minimum absolute atomic E-state index is 0.146. The van der Waals surface area contributed by atoms with Gasteiger partial charge in [0.15, 0.2) is 5.78 Å². The first-order chi connectivity index (χ1) is 25.6. The molecule has 54 heavy (non-hydrogen) atoms. The van der Waals surface area contributed by atoms with E-state index in [1.54, 1.807) is 12.2 Å². The van der Waals surface area contributed by atoms with Crippen LogP contribution < -0.4 is 0 Å². The van der Waals surface area contributed by atoms with Crippen molar-refractivity contribution in [1.82, 2.24) is 19.9 Å². The normalized spacial score (nSPS) is 15.3. The van der Waals surface area contributed by atoms with Gasteiger partial charge < -0.3 is 29.7 Å². The number of ketones is 1. The van der Waals surface area contributed by atoms with Crippen molar-refractivity contribution < 1.29 is 38.9 Å². The molecule has 12 nitrogen and oxygen atoms in total. The van der Waals surface area contributed by atoms with Crippen LogP contribution in [0.4, 0.5) is 0 Å². The van der Waals surface area contributed by atoms with Crippen molar-refractivity contribution in [1.29, 1.82) is 0 Å². The summed E-state index contributed by atoms with van der Waals surface area (Å²) < 4.78 is 9.92. The van der Waals surface area contributed by atoms with Gasteiger partial charge in [0.05, 0.1) is 37.0 Å². The summed E-state index contributed by atoms with van der Waals surface area (Å²) in [6, 6.07) is 7.76. The summed E-state index contributed by atoms with van der Waals surface area (Å²) in [6.45, 7) is 13.2. The number of carbonyl (C=O) groups is 4. The zero-order chi connectivity index (χ0) is 39.5. The quantitative estimate of drug-likeness (QED) is 0.134. The molecule has 3 aliphatic heterocycles. The first kappa shape index (κ1) is 39.3.